The molecule has 3 aliphatic rings. The molecule has 0 aliphatic carbocycles. The number of nitrogens with one attached hydrogen (secondary N) is 1. The van der Waals surface area contributed by atoms with Crippen LogP contribution in [0.1, 0.15) is 18.4 Å². The van der Waals surface area contributed by atoms with E-state index in [-0.39, 0.29) is 5.41 Å². The summed E-state index contributed by atoms with van der Waals surface area (Å²) in [6.07, 6.45) is 5.49. The highest BCUT2D eigenvalue weighted by Gasteiger charge is 2.36. The number of fused-ring (bicyclic) bond motifs is 1. The topological polar surface area (TPSA) is 84.3 Å². The van der Waals surface area contributed by atoms with Crippen LogP contribution < -0.4 is 19.7 Å². The summed E-state index contributed by atoms with van der Waals surface area (Å²) in [6, 6.07) is 8.17. The number of aromatic nitrogens is 2. The third-order valence-corrected chi connectivity index (χ3v) is 6.65. The summed E-state index contributed by atoms with van der Waals surface area (Å²) >= 11 is 0. The van der Waals surface area contributed by atoms with Gasteiger partial charge in [0.1, 0.15) is 0 Å². The highest BCUT2D eigenvalue weighted by molar-refractivity contribution is 5.80. The first kappa shape index (κ1) is 20.8. The molecule has 9 nitrogen and oxygen atoms in total. The lowest BCUT2D eigenvalue weighted by Gasteiger charge is -2.40. The van der Waals surface area contributed by atoms with Crippen molar-refractivity contribution in [2.45, 2.75) is 18.3 Å². The fourth-order valence-corrected chi connectivity index (χ4v) is 4.71. The Morgan fingerprint density at radius 2 is 1.81 bits per heavy atom. The van der Waals surface area contributed by atoms with Crippen LogP contribution in [0.2, 0.25) is 0 Å². The van der Waals surface area contributed by atoms with Gasteiger partial charge in [-0.1, -0.05) is 6.07 Å². The number of guanidine groups is 1. The van der Waals surface area contributed by atoms with Crippen molar-refractivity contribution in [2.24, 2.45) is 4.99 Å². The van der Waals surface area contributed by atoms with Crippen LogP contribution in [-0.2, 0) is 10.2 Å². The van der Waals surface area contributed by atoms with Gasteiger partial charge in [-0.25, -0.2) is 9.97 Å². The Labute approximate surface area is 188 Å². The minimum atomic E-state index is -0.0329. The number of nitrogens with zero attached hydrogens (tertiary/aromatic N) is 5. The van der Waals surface area contributed by atoms with E-state index in [0.717, 1.165) is 82.2 Å². The number of rotatable bonds is 4. The molecule has 0 radical (unpaired) electrons. The minimum Gasteiger partial charge on any atom is -0.454 e. The lowest BCUT2D eigenvalue weighted by Crippen LogP contribution is -2.55. The average Bonchev–Trinajstić information content (AvgIpc) is 3.34. The van der Waals surface area contributed by atoms with Gasteiger partial charge in [0.15, 0.2) is 17.5 Å². The van der Waals surface area contributed by atoms with Crippen molar-refractivity contribution >= 4 is 11.9 Å². The second-order valence-electron chi connectivity index (χ2n) is 8.38. The number of piperazine rings is 1. The summed E-state index contributed by atoms with van der Waals surface area (Å²) < 4.78 is 16.9. The zero-order chi connectivity index (χ0) is 21.8. The smallest absolute Gasteiger partial charge is 0.231 e. The van der Waals surface area contributed by atoms with Crippen molar-refractivity contribution < 1.29 is 14.2 Å². The normalized spacial score (nSPS) is 20.3. The number of aliphatic imine (C=N–C) groups is 1. The maximum atomic E-state index is 5.70. The second-order valence-corrected chi connectivity index (χ2v) is 8.38. The second kappa shape index (κ2) is 9.20. The third kappa shape index (κ3) is 4.17. The minimum absolute atomic E-state index is 0.0329. The average molecular weight is 439 g/mol. The van der Waals surface area contributed by atoms with E-state index in [1.807, 2.05) is 19.2 Å². The lowest BCUT2D eigenvalue weighted by molar-refractivity contribution is 0.0511. The molecule has 170 valence electrons. The molecule has 0 atom stereocenters. The van der Waals surface area contributed by atoms with Gasteiger partial charge in [0.25, 0.3) is 0 Å². The molecule has 9 heteroatoms. The first-order valence-electron chi connectivity index (χ1n) is 11.2. The molecule has 0 bridgehead atoms. The highest BCUT2D eigenvalue weighted by atomic mass is 16.7. The van der Waals surface area contributed by atoms with E-state index >= 15 is 0 Å². The van der Waals surface area contributed by atoms with Crippen LogP contribution in [0.3, 0.4) is 0 Å². The molecular formula is C23H30N6O3. The van der Waals surface area contributed by atoms with Gasteiger partial charge in [0, 0.05) is 70.8 Å². The number of hydrogen-bond acceptors (Lipinski definition) is 7. The van der Waals surface area contributed by atoms with Gasteiger partial charge in [-0.2, -0.15) is 0 Å². The van der Waals surface area contributed by atoms with E-state index in [4.69, 9.17) is 14.2 Å². The zero-order valence-corrected chi connectivity index (χ0v) is 18.5. The number of hydrogen-bond donors (Lipinski definition) is 1. The molecule has 32 heavy (non-hydrogen) atoms. The lowest BCUT2D eigenvalue weighted by atomic mass is 9.74. The van der Waals surface area contributed by atoms with Gasteiger partial charge < -0.3 is 29.3 Å². The van der Waals surface area contributed by atoms with Gasteiger partial charge in [-0.15, -0.1) is 0 Å². The molecule has 3 aliphatic heterocycles. The first-order chi connectivity index (χ1) is 15.8. The van der Waals surface area contributed by atoms with Gasteiger partial charge in [-0.3, -0.25) is 4.99 Å². The van der Waals surface area contributed by atoms with Gasteiger partial charge in [-0.05, 0) is 36.6 Å². The molecule has 2 aromatic rings. The van der Waals surface area contributed by atoms with Crippen molar-refractivity contribution in [3.63, 3.8) is 0 Å². The Morgan fingerprint density at radius 3 is 2.56 bits per heavy atom. The molecule has 1 aromatic heterocycles. The Morgan fingerprint density at radius 1 is 1.06 bits per heavy atom. The van der Waals surface area contributed by atoms with Gasteiger partial charge >= 0.3 is 0 Å². The fraction of sp³-hybridized carbons (Fsp3) is 0.522. The van der Waals surface area contributed by atoms with Crippen molar-refractivity contribution in [3.05, 3.63) is 42.2 Å². The van der Waals surface area contributed by atoms with Crippen LogP contribution >= 0.6 is 0 Å². The van der Waals surface area contributed by atoms with E-state index < -0.39 is 0 Å². The molecule has 0 unspecified atom stereocenters. The van der Waals surface area contributed by atoms with Crippen LogP contribution in [0.4, 0.5) is 5.95 Å². The van der Waals surface area contributed by atoms with Crippen LogP contribution in [0.15, 0.2) is 41.7 Å². The summed E-state index contributed by atoms with van der Waals surface area (Å²) in [4.78, 5) is 17.9. The summed E-state index contributed by atoms with van der Waals surface area (Å²) in [5.41, 5.74) is 1.23. The highest BCUT2D eigenvalue weighted by Crippen LogP contribution is 2.40. The fourth-order valence-electron chi connectivity index (χ4n) is 4.71. The Bertz CT molecular complexity index is 940. The quantitative estimate of drug-likeness (QED) is 0.570. The number of ether oxygens (including phenoxy) is 3. The van der Waals surface area contributed by atoms with Crippen molar-refractivity contribution in [1.29, 1.82) is 0 Å². The van der Waals surface area contributed by atoms with E-state index in [2.05, 4.69) is 42.2 Å². The van der Waals surface area contributed by atoms with E-state index in [0.29, 0.717) is 6.79 Å². The molecule has 2 fully saturated rings. The van der Waals surface area contributed by atoms with Crippen molar-refractivity contribution in [1.82, 2.24) is 20.2 Å². The van der Waals surface area contributed by atoms with Crippen LogP contribution in [0, 0.1) is 0 Å². The number of benzene rings is 1. The molecule has 2 saturated heterocycles. The van der Waals surface area contributed by atoms with Crippen molar-refractivity contribution in [2.75, 3.05) is 64.7 Å². The molecule has 5 rings (SSSR count). The summed E-state index contributed by atoms with van der Waals surface area (Å²) in [5.74, 6) is 3.38. The van der Waals surface area contributed by atoms with E-state index in [1.54, 1.807) is 12.4 Å². The zero-order valence-electron chi connectivity index (χ0n) is 18.5. The molecule has 1 N–H and O–H groups in total. The Hall–Kier alpha value is -3.07. The maximum Gasteiger partial charge on any atom is 0.231 e. The van der Waals surface area contributed by atoms with E-state index in [9.17, 15) is 0 Å². The largest absolute Gasteiger partial charge is 0.454 e. The van der Waals surface area contributed by atoms with Gasteiger partial charge in [0.05, 0.1) is 0 Å². The van der Waals surface area contributed by atoms with Crippen LogP contribution in [0.25, 0.3) is 0 Å². The number of anilines is 1. The summed E-state index contributed by atoms with van der Waals surface area (Å²) in [7, 11) is 1.85. The maximum absolute atomic E-state index is 5.70. The first-order valence-corrected chi connectivity index (χ1v) is 11.2. The predicted molar refractivity (Wildman–Crippen MR) is 121 cm³/mol. The molecule has 1 aromatic carbocycles. The van der Waals surface area contributed by atoms with Crippen LogP contribution in [-0.4, -0.2) is 80.6 Å². The Kier molecular flexibility index (Phi) is 5.98. The van der Waals surface area contributed by atoms with Gasteiger partial charge in [0.2, 0.25) is 12.7 Å². The summed E-state index contributed by atoms with van der Waals surface area (Å²) in [5, 5.41) is 3.67. The van der Waals surface area contributed by atoms with Crippen LogP contribution in [0.5, 0.6) is 11.5 Å². The third-order valence-electron chi connectivity index (χ3n) is 6.65. The van der Waals surface area contributed by atoms with E-state index in [1.165, 1.54) is 5.56 Å². The standard InChI is InChI=1S/C23H30N6O3/c1-24-21(28-9-11-29(12-10-28)22-25-7-2-8-26-22)27-16-23(5-13-30-14-6-23)18-3-4-19-20(15-18)32-17-31-19/h2-4,7-8,15H,5-6,9-14,16-17H2,1H3,(H,24,27). The molecule has 0 spiro atoms. The predicted octanol–water partition coefficient (Wildman–Crippen LogP) is 1.65. The molecule has 0 saturated carbocycles. The van der Waals surface area contributed by atoms with Crippen molar-refractivity contribution in [3.8, 4) is 11.5 Å². The summed E-state index contributed by atoms with van der Waals surface area (Å²) in [6.45, 7) is 6.08. The SMILES string of the molecule is CN=C(NCC1(c2ccc3c(c2)OCO3)CCOCC1)N1CCN(c2ncccn2)CC1. The molecule has 4 heterocycles. The molecule has 0 amide bonds. The molecular weight excluding hydrogens is 408 g/mol. The Balaban J connectivity index is 1.26. The monoisotopic (exact) mass is 438 g/mol.